The summed E-state index contributed by atoms with van der Waals surface area (Å²) < 4.78 is 51.9. The van der Waals surface area contributed by atoms with Crippen LogP contribution in [0.3, 0.4) is 0 Å². The van der Waals surface area contributed by atoms with Gasteiger partial charge in [-0.2, -0.15) is 0 Å². The van der Waals surface area contributed by atoms with Crippen LogP contribution in [-0.2, 0) is 11.3 Å². The van der Waals surface area contributed by atoms with Crippen LogP contribution in [-0.4, -0.2) is 18.6 Å². The summed E-state index contributed by atoms with van der Waals surface area (Å²) in [6.07, 6.45) is -3.20. The Hall–Kier alpha value is -2.21. The van der Waals surface area contributed by atoms with Gasteiger partial charge in [0, 0.05) is 18.9 Å². The topological polar surface area (TPSA) is 27.7 Å². The van der Waals surface area contributed by atoms with Crippen molar-refractivity contribution in [2.75, 3.05) is 0 Å². The Bertz CT molecular complexity index is 652. The van der Waals surface area contributed by atoms with Crippen LogP contribution in [0.15, 0.2) is 54.6 Å². The normalized spacial score (nSPS) is 20.3. The van der Waals surface area contributed by atoms with Gasteiger partial charge in [0.15, 0.2) is 0 Å². The van der Waals surface area contributed by atoms with Crippen molar-refractivity contribution in [3.63, 3.8) is 0 Å². The van der Waals surface area contributed by atoms with E-state index in [1.807, 2.05) is 30.3 Å². The molecular formula is C18H17F3O3. The molecule has 0 unspecified atom stereocenters. The van der Waals surface area contributed by atoms with Gasteiger partial charge in [0.2, 0.25) is 0 Å². The quantitative estimate of drug-likeness (QED) is 0.763. The monoisotopic (exact) mass is 338 g/mol. The molecule has 1 aliphatic carbocycles. The van der Waals surface area contributed by atoms with Gasteiger partial charge in [-0.1, -0.05) is 36.4 Å². The molecule has 0 spiro atoms. The van der Waals surface area contributed by atoms with Crippen molar-refractivity contribution >= 4 is 0 Å². The fourth-order valence-electron chi connectivity index (χ4n) is 2.48. The lowest BCUT2D eigenvalue weighted by Crippen LogP contribution is -2.39. The molecule has 0 heterocycles. The first-order valence-corrected chi connectivity index (χ1v) is 7.66. The van der Waals surface area contributed by atoms with Crippen molar-refractivity contribution in [2.24, 2.45) is 0 Å². The van der Waals surface area contributed by atoms with Crippen molar-refractivity contribution in [3.05, 3.63) is 60.2 Å². The number of hydrogen-bond donors (Lipinski definition) is 0. The highest BCUT2D eigenvalue weighted by molar-refractivity contribution is 5.33. The van der Waals surface area contributed by atoms with E-state index >= 15 is 0 Å². The minimum atomic E-state index is -4.70. The molecular weight excluding hydrogens is 321 g/mol. The zero-order valence-electron chi connectivity index (χ0n) is 12.8. The van der Waals surface area contributed by atoms with Gasteiger partial charge < -0.3 is 14.2 Å². The molecule has 128 valence electrons. The van der Waals surface area contributed by atoms with E-state index in [1.165, 1.54) is 18.2 Å². The predicted molar refractivity (Wildman–Crippen MR) is 81.8 cm³/mol. The molecule has 2 aromatic carbocycles. The molecule has 1 fully saturated rings. The third-order valence-corrected chi connectivity index (χ3v) is 3.72. The van der Waals surface area contributed by atoms with Crippen LogP contribution < -0.4 is 9.47 Å². The van der Waals surface area contributed by atoms with Crippen LogP contribution >= 0.6 is 0 Å². The molecule has 0 aliphatic heterocycles. The largest absolute Gasteiger partial charge is 0.573 e. The lowest BCUT2D eigenvalue weighted by molar-refractivity contribution is -0.274. The molecule has 24 heavy (non-hydrogen) atoms. The van der Waals surface area contributed by atoms with Crippen molar-refractivity contribution in [1.82, 2.24) is 0 Å². The number of rotatable bonds is 6. The standard InChI is InChI=1S/C18H17F3O3/c19-18(20,21)24-15-8-4-7-14(9-15)23-17-10-16(11-17)22-12-13-5-2-1-3-6-13/h1-9,16-17H,10-12H2/t16-,17-. The Morgan fingerprint density at radius 3 is 2.29 bits per heavy atom. The Morgan fingerprint density at radius 1 is 0.875 bits per heavy atom. The molecule has 0 amide bonds. The Labute approximate surface area is 138 Å². The van der Waals surface area contributed by atoms with E-state index in [0.717, 1.165) is 18.4 Å². The van der Waals surface area contributed by atoms with E-state index in [0.29, 0.717) is 12.4 Å². The van der Waals surface area contributed by atoms with Crippen LogP contribution in [0.5, 0.6) is 11.5 Å². The van der Waals surface area contributed by atoms with Gasteiger partial charge in [-0.05, 0) is 17.7 Å². The third-order valence-electron chi connectivity index (χ3n) is 3.72. The maximum Gasteiger partial charge on any atom is 0.573 e. The molecule has 1 saturated carbocycles. The second kappa shape index (κ2) is 7.13. The molecule has 3 rings (SSSR count). The van der Waals surface area contributed by atoms with Crippen LogP contribution in [0, 0.1) is 0 Å². The molecule has 6 heteroatoms. The van der Waals surface area contributed by atoms with Crippen LogP contribution in [0.25, 0.3) is 0 Å². The number of alkyl halides is 3. The molecule has 0 bridgehead atoms. The summed E-state index contributed by atoms with van der Waals surface area (Å²) in [7, 11) is 0. The zero-order valence-corrected chi connectivity index (χ0v) is 12.8. The highest BCUT2D eigenvalue weighted by atomic mass is 19.4. The number of halogens is 3. The van der Waals surface area contributed by atoms with E-state index < -0.39 is 6.36 Å². The van der Waals surface area contributed by atoms with Crippen molar-refractivity contribution in [1.29, 1.82) is 0 Å². The van der Waals surface area contributed by atoms with E-state index in [2.05, 4.69) is 4.74 Å². The Balaban J connectivity index is 1.43. The SMILES string of the molecule is FC(F)(F)Oc1cccc(O[C@H]2C[C@H](OCc3ccccc3)C2)c1. The Kier molecular flexibility index (Phi) is 4.94. The third kappa shape index (κ3) is 4.89. The van der Waals surface area contributed by atoms with Crippen LogP contribution in [0.4, 0.5) is 13.2 Å². The van der Waals surface area contributed by atoms with Crippen LogP contribution in [0.2, 0.25) is 0 Å². The summed E-state index contributed by atoms with van der Waals surface area (Å²) in [6.45, 7) is 0.549. The van der Waals surface area contributed by atoms with Gasteiger partial charge in [0.05, 0.1) is 12.7 Å². The van der Waals surface area contributed by atoms with Crippen LogP contribution in [0.1, 0.15) is 18.4 Å². The second-order valence-corrected chi connectivity index (χ2v) is 5.65. The van der Waals surface area contributed by atoms with Gasteiger partial charge in [-0.3, -0.25) is 0 Å². The summed E-state index contributed by atoms with van der Waals surface area (Å²) in [6, 6.07) is 15.4. The minimum Gasteiger partial charge on any atom is -0.490 e. The lowest BCUT2D eigenvalue weighted by atomic mass is 9.92. The maximum absolute atomic E-state index is 12.2. The summed E-state index contributed by atoms with van der Waals surface area (Å²) in [5.41, 5.74) is 1.11. The first kappa shape index (κ1) is 16.6. The molecule has 1 aliphatic rings. The first-order chi connectivity index (χ1) is 11.5. The summed E-state index contributed by atoms with van der Waals surface area (Å²) in [5, 5.41) is 0. The molecule has 0 atom stereocenters. The smallest absolute Gasteiger partial charge is 0.490 e. The fourth-order valence-corrected chi connectivity index (χ4v) is 2.48. The average Bonchev–Trinajstić information content (AvgIpc) is 2.49. The molecule has 0 N–H and O–H groups in total. The summed E-state index contributed by atoms with van der Waals surface area (Å²) >= 11 is 0. The van der Waals surface area contributed by atoms with E-state index in [1.54, 1.807) is 6.07 Å². The van der Waals surface area contributed by atoms with E-state index in [-0.39, 0.29) is 18.0 Å². The van der Waals surface area contributed by atoms with Gasteiger partial charge >= 0.3 is 6.36 Å². The highest BCUT2D eigenvalue weighted by Gasteiger charge is 2.33. The van der Waals surface area contributed by atoms with E-state index in [4.69, 9.17) is 9.47 Å². The Morgan fingerprint density at radius 2 is 1.58 bits per heavy atom. The van der Waals surface area contributed by atoms with E-state index in [9.17, 15) is 13.2 Å². The summed E-state index contributed by atoms with van der Waals surface area (Å²) in [4.78, 5) is 0. The fraction of sp³-hybridized carbons (Fsp3) is 0.333. The summed E-state index contributed by atoms with van der Waals surface area (Å²) in [5.74, 6) is 0.0828. The minimum absolute atomic E-state index is 0.0492. The van der Waals surface area contributed by atoms with Crippen molar-refractivity contribution in [3.8, 4) is 11.5 Å². The van der Waals surface area contributed by atoms with Gasteiger partial charge in [-0.15, -0.1) is 13.2 Å². The number of benzene rings is 2. The van der Waals surface area contributed by atoms with Gasteiger partial charge in [-0.25, -0.2) is 0 Å². The number of hydrogen-bond acceptors (Lipinski definition) is 3. The molecule has 0 radical (unpaired) electrons. The van der Waals surface area contributed by atoms with Crippen molar-refractivity contribution < 1.29 is 27.4 Å². The second-order valence-electron chi connectivity index (χ2n) is 5.65. The average molecular weight is 338 g/mol. The van der Waals surface area contributed by atoms with Crippen molar-refractivity contribution in [2.45, 2.75) is 38.0 Å². The molecule has 3 nitrogen and oxygen atoms in total. The lowest BCUT2D eigenvalue weighted by Gasteiger charge is -2.35. The first-order valence-electron chi connectivity index (χ1n) is 7.66. The number of ether oxygens (including phenoxy) is 3. The molecule has 2 aromatic rings. The molecule has 0 aromatic heterocycles. The maximum atomic E-state index is 12.2. The zero-order chi connectivity index (χ0) is 17.0. The van der Waals surface area contributed by atoms with Gasteiger partial charge in [0.1, 0.15) is 17.6 Å². The predicted octanol–water partition coefficient (Wildman–Crippen LogP) is 4.71. The highest BCUT2D eigenvalue weighted by Crippen LogP contribution is 2.31. The molecule has 0 saturated heterocycles. The van der Waals surface area contributed by atoms with Gasteiger partial charge in [0.25, 0.3) is 0 Å².